The smallest absolute Gasteiger partial charge is 0.197 e. The van der Waals surface area contributed by atoms with Crippen LogP contribution in [-0.2, 0) is 0 Å². The zero-order valence-corrected chi connectivity index (χ0v) is 6.94. The standard InChI is InChI=1S/C6H7BrN2/c1-4-3-5(2)9-6(7)8-4/h3H,1-2H3. The van der Waals surface area contributed by atoms with E-state index in [-0.39, 0.29) is 0 Å². The average Bonchev–Trinajstić information content (AvgIpc) is 1.59. The second-order valence-corrected chi connectivity index (χ2v) is 2.63. The van der Waals surface area contributed by atoms with Gasteiger partial charge in [-0.2, -0.15) is 0 Å². The lowest BCUT2D eigenvalue weighted by molar-refractivity contribution is 1.01. The topological polar surface area (TPSA) is 25.8 Å². The fourth-order valence-corrected chi connectivity index (χ4v) is 1.24. The monoisotopic (exact) mass is 186 g/mol. The van der Waals surface area contributed by atoms with Gasteiger partial charge in [0.2, 0.25) is 0 Å². The minimum atomic E-state index is 0.667. The van der Waals surface area contributed by atoms with Gasteiger partial charge in [0.1, 0.15) is 0 Å². The summed E-state index contributed by atoms with van der Waals surface area (Å²) < 4.78 is 0.667. The minimum absolute atomic E-state index is 0.667. The van der Waals surface area contributed by atoms with Gasteiger partial charge in [-0.15, -0.1) is 0 Å². The van der Waals surface area contributed by atoms with Crippen molar-refractivity contribution in [1.29, 1.82) is 0 Å². The van der Waals surface area contributed by atoms with Crippen molar-refractivity contribution in [3.63, 3.8) is 0 Å². The third-order valence-corrected chi connectivity index (χ3v) is 1.31. The molecule has 0 aromatic carbocycles. The maximum absolute atomic E-state index is 4.04. The molecule has 48 valence electrons. The quantitative estimate of drug-likeness (QED) is 0.579. The largest absolute Gasteiger partial charge is 0.228 e. The first kappa shape index (κ1) is 6.68. The number of halogens is 1. The third-order valence-electron chi connectivity index (χ3n) is 0.955. The Morgan fingerprint density at radius 1 is 1.22 bits per heavy atom. The molecule has 0 amide bonds. The maximum atomic E-state index is 4.04. The van der Waals surface area contributed by atoms with Crippen LogP contribution in [0.1, 0.15) is 11.4 Å². The van der Waals surface area contributed by atoms with Crippen molar-refractivity contribution >= 4 is 15.9 Å². The van der Waals surface area contributed by atoms with Crippen LogP contribution in [0.5, 0.6) is 0 Å². The van der Waals surface area contributed by atoms with Crippen LogP contribution >= 0.6 is 15.9 Å². The fourth-order valence-electron chi connectivity index (χ4n) is 0.683. The number of nitrogens with zero attached hydrogens (tertiary/aromatic N) is 2. The molecule has 0 bridgehead atoms. The number of hydrogen-bond acceptors (Lipinski definition) is 2. The van der Waals surface area contributed by atoms with E-state index in [9.17, 15) is 0 Å². The molecular weight excluding hydrogens is 180 g/mol. The zero-order valence-electron chi connectivity index (χ0n) is 5.35. The Hall–Kier alpha value is -0.440. The van der Waals surface area contributed by atoms with Gasteiger partial charge >= 0.3 is 0 Å². The van der Waals surface area contributed by atoms with Crippen molar-refractivity contribution in [3.8, 4) is 0 Å². The Morgan fingerprint density at radius 2 is 1.67 bits per heavy atom. The summed E-state index contributed by atoms with van der Waals surface area (Å²) in [5, 5.41) is 0. The second-order valence-electron chi connectivity index (χ2n) is 1.92. The first-order chi connectivity index (χ1) is 4.18. The molecule has 0 N–H and O–H groups in total. The van der Waals surface area contributed by atoms with Crippen LogP contribution in [0.3, 0.4) is 0 Å². The molecule has 1 aromatic rings. The number of aryl methyl sites for hydroxylation is 2. The van der Waals surface area contributed by atoms with E-state index < -0.39 is 0 Å². The molecule has 1 rings (SSSR count). The van der Waals surface area contributed by atoms with Crippen LogP contribution in [0.15, 0.2) is 10.8 Å². The summed E-state index contributed by atoms with van der Waals surface area (Å²) in [4.78, 5) is 8.08. The summed E-state index contributed by atoms with van der Waals surface area (Å²) in [5.41, 5.74) is 1.99. The van der Waals surface area contributed by atoms with Gasteiger partial charge in [0, 0.05) is 11.4 Å². The van der Waals surface area contributed by atoms with E-state index in [4.69, 9.17) is 0 Å². The zero-order chi connectivity index (χ0) is 6.85. The molecule has 0 fully saturated rings. The summed E-state index contributed by atoms with van der Waals surface area (Å²) in [6, 6.07) is 1.94. The minimum Gasteiger partial charge on any atom is -0.228 e. The highest BCUT2D eigenvalue weighted by atomic mass is 79.9. The number of hydrogen-bond donors (Lipinski definition) is 0. The van der Waals surface area contributed by atoms with E-state index in [0.717, 1.165) is 11.4 Å². The number of aromatic nitrogens is 2. The van der Waals surface area contributed by atoms with Gasteiger partial charge in [0.15, 0.2) is 4.73 Å². The molecule has 0 atom stereocenters. The molecule has 0 spiro atoms. The van der Waals surface area contributed by atoms with Crippen LogP contribution in [-0.4, -0.2) is 9.97 Å². The van der Waals surface area contributed by atoms with E-state index in [1.165, 1.54) is 0 Å². The molecule has 1 heterocycles. The first-order valence-electron chi connectivity index (χ1n) is 2.66. The normalized spacial score (nSPS) is 9.67. The molecule has 9 heavy (non-hydrogen) atoms. The van der Waals surface area contributed by atoms with Crippen molar-refractivity contribution in [3.05, 3.63) is 22.2 Å². The second kappa shape index (κ2) is 2.43. The summed E-state index contributed by atoms with van der Waals surface area (Å²) in [6.45, 7) is 3.89. The molecule has 0 unspecified atom stereocenters. The lowest BCUT2D eigenvalue weighted by Gasteiger charge is -1.93. The average molecular weight is 187 g/mol. The van der Waals surface area contributed by atoms with Gasteiger partial charge in [-0.3, -0.25) is 0 Å². The Kier molecular flexibility index (Phi) is 1.81. The maximum Gasteiger partial charge on any atom is 0.197 e. The van der Waals surface area contributed by atoms with Crippen LogP contribution in [0.4, 0.5) is 0 Å². The number of rotatable bonds is 0. The highest BCUT2D eigenvalue weighted by Gasteiger charge is 1.91. The third kappa shape index (κ3) is 1.75. The highest BCUT2D eigenvalue weighted by Crippen LogP contribution is 2.03. The van der Waals surface area contributed by atoms with E-state index >= 15 is 0 Å². The lowest BCUT2D eigenvalue weighted by atomic mass is 10.4. The first-order valence-corrected chi connectivity index (χ1v) is 3.45. The summed E-state index contributed by atoms with van der Waals surface area (Å²) in [7, 11) is 0. The van der Waals surface area contributed by atoms with Crippen molar-refractivity contribution < 1.29 is 0 Å². The van der Waals surface area contributed by atoms with Gasteiger partial charge in [0.25, 0.3) is 0 Å². The lowest BCUT2D eigenvalue weighted by Crippen LogP contribution is -1.88. The van der Waals surface area contributed by atoms with Crippen LogP contribution in [0.2, 0.25) is 0 Å². The Labute approximate surface area is 62.5 Å². The molecule has 3 heteroatoms. The molecule has 0 radical (unpaired) electrons. The summed E-state index contributed by atoms with van der Waals surface area (Å²) >= 11 is 3.19. The summed E-state index contributed by atoms with van der Waals surface area (Å²) in [6.07, 6.45) is 0. The van der Waals surface area contributed by atoms with Gasteiger partial charge in [0.05, 0.1) is 0 Å². The van der Waals surface area contributed by atoms with E-state index in [1.807, 2.05) is 19.9 Å². The van der Waals surface area contributed by atoms with Gasteiger partial charge in [-0.05, 0) is 35.8 Å². The molecule has 0 aliphatic carbocycles. The molecule has 0 aliphatic heterocycles. The van der Waals surface area contributed by atoms with Gasteiger partial charge in [-0.1, -0.05) is 0 Å². The molecule has 0 saturated heterocycles. The highest BCUT2D eigenvalue weighted by molar-refractivity contribution is 9.10. The molecule has 1 aromatic heterocycles. The van der Waals surface area contributed by atoms with E-state index in [0.29, 0.717) is 4.73 Å². The molecule has 2 nitrogen and oxygen atoms in total. The SMILES string of the molecule is Cc1cc(C)nc(Br)n1. The van der Waals surface area contributed by atoms with Gasteiger partial charge < -0.3 is 0 Å². The Bertz CT molecular complexity index is 172. The van der Waals surface area contributed by atoms with E-state index in [1.54, 1.807) is 0 Å². The van der Waals surface area contributed by atoms with E-state index in [2.05, 4.69) is 25.9 Å². The van der Waals surface area contributed by atoms with Crippen molar-refractivity contribution in [2.75, 3.05) is 0 Å². The van der Waals surface area contributed by atoms with Crippen LogP contribution in [0.25, 0.3) is 0 Å². The predicted octanol–water partition coefficient (Wildman–Crippen LogP) is 1.86. The van der Waals surface area contributed by atoms with Crippen molar-refractivity contribution in [2.45, 2.75) is 13.8 Å². The van der Waals surface area contributed by atoms with Crippen LogP contribution in [0, 0.1) is 13.8 Å². The molecule has 0 saturated carbocycles. The Morgan fingerprint density at radius 3 is 2.00 bits per heavy atom. The molecular formula is C6H7BrN2. The van der Waals surface area contributed by atoms with Gasteiger partial charge in [-0.25, -0.2) is 9.97 Å². The van der Waals surface area contributed by atoms with Crippen molar-refractivity contribution in [2.24, 2.45) is 0 Å². The summed E-state index contributed by atoms with van der Waals surface area (Å²) in [5.74, 6) is 0. The van der Waals surface area contributed by atoms with Crippen LogP contribution < -0.4 is 0 Å². The van der Waals surface area contributed by atoms with Crippen molar-refractivity contribution in [1.82, 2.24) is 9.97 Å². The Balaban J connectivity index is 3.17. The molecule has 0 aliphatic rings. The fraction of sp³-hybridized carbons (Fsp3) is 0.333. The predicted molar refractivity (Wildman–Crippen MR) is 39.2 cm³/mol.